The fraction of sp³-hybridized carbons (Fsp3) is 0.182. The predicted octanol–water partition coefficient (Wildman–Crippen LogP) is 1.43. The third kappa shape index (κ3) is 2.76. The topological polar surface area (TPSA) is 78.3 Å². The van der Waals surface area contributed by atoms with E-state index in [0.29, 0.717) is 11.8 Å². The van der Waals surface area contributed by atoms with Gasteiger partial charge in [0.2, 0.25) is 0 Å². The van der Waals surface area contributed by atoms with Gasteiger partial charge in [0.05, 0.1) is 7.11 Å². The maximum Gasteiger partial charge on any atom is 0.419 e. The molecule has 1 amide bonds. The Hall–Kier alpha value is -2.57. The van der Waals surface area contributed by atoms with Crippen molar-refractivity contribution in [3.63, 3.8) is 0 Å². The first-order chi connectivity index (χ1) is 8.69. The zero-order valence-corrected chi connectivity index (χ0v) is 9.95. The summed E-state index contributed by atoms with van der Waals surface area (Å²) in [6.07, 6.45) is -0.658. The third-order valence-electron chi connectivity index (χ3n) is 2.07. The van der Waals surface area contributed by atoms with Crippen LogP contribution in [0.25, 0.3) is 0 Å². The molecular formula is C11H12N4O3. The Labute approximate surface area is 103 Å². The molecule has 2 aromatic rings. The van der Waals surface area contributed by atoms with Crippen molar-refractivity contribution in [1.82, 2.24) is 14.8 Å². The number of ether oxygens (including phenoxy) is 2. The van der Waals surface area contributed by atoms with Crippen LogP contribution in [0, 0.1) is 0 Å². The zero-order valence-electron chi connectivity index (χ0n) is 9.95. The van der Waals surface area contributed by atoms with Crippen molar-refractivity contribution in [2.24, 2.45) is 7.05 Å². The van der Waals surface area contributed by atoms with Gasteiger partial charge in [-0.05, 0) is 12.1 Å². The van der Waals surface area contributed by atoms with Gasteiger partial charge in [0.25, 0.3) is 5.95 Å². The number of nitrogens with zero attached hydrogens (tertiary/aromatic N) is 3. The van der Waals surface area contributed by atoms with Crippen molar-refractivity contribution < 1.29 is 14.3 Å². The first-order valence-electron chi connectivity index (χ1n) is 5.18. The number of methoxy groups -OCH3 is 1. The summed E-state index contributed by atoms with van der Waals surface area (Å²) in [7, 11) is 3.12. The van der Waals surface area contributed by atoms with Crippen LogP contribution in [0.5, 0.6) is 11.8 Å². The molecular weight excluding hydrogens is 236 g/mol. The van der Waals surface area contributed by atoms with Crippen LogP contribution in [0.1, 0.15) is 0 Å². The van der Waals surface area contributed by atoms with Crippen LogP contribution in [0.3, 0.4) is 0 Å². The van der Waals surface area contributed by atoms with E-state index in [2.05, 4.69) is 15.4 Å². The van der Waals surface area contributed by atoms with Crippen LogP contribution in [0.2, 0.25) is 0 Å². The quantitative estimate of drug-likeness (QED) is 0.889. The summed E-state index contributed by atoms with van der Waals surface area (Å²) in [6, 6.07) is 9.01. The van der Waals surface area contributed by atoms with Crippen LogP contribution in [-0.2, 0) is 7.05 Å². The molecule has 0 fully saturated rings. The minimum atomic E-state index is -0.658. The van der Waals surface area contributed by atoms with Gasteiger partial charge in [0.15, 0.2) is 0 Å². The molecule has 94 valence electrons. The van der Waals surface area contributed by atoms with Crippen LogP contribution < -0.4 is 14.8 Å². The second-order valence-corrected chi connectivity index (χ2v) is 3.37. The van der Waals surface area contributed by atoms with Gasteiger partial charge in [-0.3, -0.25) is 5.32 Å². The average molecular weight is 248 g/mol. The number of hydrogen-bond donors (Lipinski definition) is 1. The molecule has 0 unspecified atom stereocenters. The molecule has 1 heterocycles. The highest BCUT2D eigenvalue weighted by molar-refractivity contribution is 5.84. The fourth-order valence-electron chi connectivity index (χ4n) is 1.31. The van der Waals surface area contributed by atoms with Crippen molar-refractivity contribution in [2.45, 2.75) is 0 Å². The Morgan fingerprint density at radius 1 is 1.33 bits per heavy atom. The number of hydrogen-bond acceptors (Lipinski definition) is 5. The van der Waals surface area contributed by atoms with Crippen LogP contribution in [-0.4, -0.2) is 28.0 Å². The second kappa shape index (κ2) is 5.17. The summed E-state index contributed by atoms with van der Waals surface area (Å²) in [5.74, 6) is 0.563. The maximum absolute atomic E-state index is 11.5. The lowest BCUT2D eigenvalue weighted by Gasteiger charge is -2.02. The lowest BCUT2D eigenvalue weighted by Crippen LogP contribution is -2.17. The molecule has 18 heavy (non-hydrogen) atoms. The maximum atomic E-state index is 11.5. The van der Waals surface area contributed by atoms with E-state index in [1.807, 2.05) is 6.07 Å². The summed E-state index contributed by atoms with van der Waals surface area (Å²) in [6.45, 7) is 0. The Balaban J connectivity index is 1.99. The number of anilines is 1. The monoisotopic (exact) mass is 248 g/mol. The van der Waals surface area contributed by atoms with Gasteiger partial charge in [-0.1, -0.05) is 18.2 Å². The number of nitrogens with one attached hydrogen (secondary N) is 1. The number of carbonyl (C=O) groups is 1. The molecule has 1 N–H and O–H groups in total. The van der Waals surface area contributed by atoms with Crippen LogP contribution in [0.4, 0.5) is 10.7 Å². The number of amides is 1. The van der Waals surface area contributed by atoms with Gasteiger partial charge in [-0.15, -0.1) is 5.10 Å². The highest BCUT2D eigenvalue weighted by Gasteiger charge is 2.11. The van der Waals surface area contributed by atoms with Crippen molar-refractivity contribution in [3.8, 4) is 11.8 Å². The normalized spacial score (nSPS) is 9.89. The SMILES string of the molecule is COc1nc(NC(=O)Oc2ccccc2)nn1C. The molecule has 0 spiro atoms. The molecule has 2 rings (SSSR count). The Kier molecular flexibility index (Phi) is 3.42. The Morgan fingerprint density at radius 3 is 2.67 bits per heavy atom. The molecule has 1 aromatic carbocycles. The number of aryl methyl sites for hydroxylation is 1. The van der Waals surface area contributed by atoms with E-state index in [1.165, 1.54) is 11.8 Å². The van der Waals surface area contributed by atoms with E-state index in [-0.39, 0.29) is 5.95 Å². The Bertz CT molecular complexity index is 538. The lowest BCUT2D eigenvalue weighted by atomic mass is 10.3. The fourth-order valence-corrected chi connectivity index (χ4v) is 1.31. The van der Waals surface area contributed by atoms with E-state index in [4.69, 9.17) is 9.47 Å². The predicted molar refractivity (Wildman–Crippen MR) is 63.6 cm³/mol. The van der Waals surface area contributed by atoms with E-state index in [1.54, 1.807) is 31.3 Å². The molecule has 7 heteroatoms. The summed E-state index contributed by atoms with van der Waals surface area (Å²) in [5, 5.41) is 6.33. The summed E-state index contributed by atoms with van der Waals surface area (Å²) in [5.41, 5.74) is 0. The molecule has 1 aromatic heterocycles. The van der Waals surface area contributed by atoms with Gasteiger partial charge < -0.3 is 9.47 Å². The summed E-state index contributed by atoms with van der Waals surface area (Å²) < 4.78 is 11.3. The highest BCUT2D eigenvalue weighted by Crippen LogP contribution is 2.11. The first-order valence-corrected chi connectivity index (χ1v) is 5.18. The van der Waals surface area contributed by atoms with E-state index in [0.717, 1.165) is 0 Å². The molecule has 0 aliphatic carbocycles. The van der Waals surface area contributed by atoms with Gasteiger partial charge in [-0.25, -0.2) is 9.48 Å². The molecule has 0 bridgehead atoms. The van der Waals surface area contributed by atoms with E-state index < -0.39 is 6.09 Å². The van der Waals surface area contributed by atoms with Crippen molar-refractivity contribution in [1.29, 1.82) is 0 Å². The lowest BCUT2D eigenvalue weighted by molar-refractivity contribution is 0.215. The number of carbonyl (C=O) groups excluding carboxylic acids is 1. The standard InChI is InChI=1S/C11H12N4O3/c1-15-10(17-2)12-9(14-15)13-11(16)18-8-6-4-3-5-7-8/h3-7H,1-2H3,(H,13,14,16). The molecule has 0 radical (unpaired) electrons. The minimum absolute atomic E-state index is 0.121. The van der Waals surface area contributed by atoms with Crippen molar-refractivity contribution >= 4 is 12.0 Å². The van der Waals surface area contributed by atoms with Crippen LogP contribution >= 0.6 is 0 Å². The Morgan fingerprint density at radius 2 is 2.06 bits per heavy atom. The number of rotatable bonds is 3. The second-order valence-electron chi connectivity index (χ2n) is 3.37. The largest absolute Gasteiger partial charge is 0.467 e. The third-order valence-corrected chi connectivity index (χ3v) is 2.07. The molecule has 0 saturated heterocycles. The number of para-hydroxylation sites is 1. The van der Waals surface area contributed by atoms with Gasteiger partial charge in [0.1, 0.15) is 5.75 Å². The molecule has 7 nitrogen and oxygen atoms in total. The zero-order chi connectivity index (χ0) is 13.0. The number of benzene rings is 1. The van der Waals surface area contributed by atoms with Gasteiger partial charge >= 0.3 is 12.1 Å². The van der Waals surface area contributed by atoms with Crippen LogP contribution in [0.15, 0.2) is 30.3 Å². The molecule has 0 aliphatic rings. The van der Waals surface area contributed by atoms with Gasteiger partial charge in [-0.2, -0.15) is 4.98 Å². The molecule has 0 aliphatic heterocycles. The smallest absolute Gasteiger partial charge is 0.419 e. The number of aromatic nitrogens is 3. The molecule has 0 atom stereocenters. The summed E-state index contributed by atoms with van der Waals surface area (Å²) >= 11 is 0. The minimum Gasteiger partial charge on any atom is -0.467 e. The van der Waals surface area contributed by atoms with E-state index >= 15 is 0 Å². The van der Waals surface area contributed by atoms with Crippen molar-refractivity contribution in [2.75, 3.05) is 12.4 Å². The van der Waals surface area contributed by atoms with Crippen molar-refractivity contribution in [3.05, 3.63) is 30.3 Å². The first kappa shape index (κ1) is 11.9. The van der Waals surface area contributed by atoms with E-state index in [9.17, 15) is 4.79 Å². The summed E-state index contributed by atoms with van der Waals surface area (Å²) in [4.78, 5) is 15.5. The van der Waals surface area contributed by atoms with Gasteiger partial charge in [0, 0.05) is 7.05 Å². The molecule has 0 saturated carbocycles. The average Bonchev–Trinajstić information content (AvgIpc) is 2.70. The highest BCUT2D eigenvalue weighted by atomic mass is 16.6.